The molecule has 2 aromatic heterocycles. The lowest BCUT2D eigenvalue weighted by Crippen LogP contribution is -2.41. The summed E-state index contributed by atoms with van der Waals surface area (Å²) < 4.78 is 0. The standard InChI is InChI=1S/C14H16N4OS.2ClH/c15-7-11(9-4-5-9)18-13(19)12-8-17-14(20-12)10-3-1-2-6-16-10;;/h1-3,6,8-9,11H,4-5,7,15H2,(H,18,19);2*1H. The second kappa shape index (κ2) is 8.43. The highest BCUT2D eigenvalue weighted by Gasteiger charge is 2.31. The lowest BCUT2D eigenvalue weighted by atomic mass is 10.2. The number of nitrogens with one attached hydrogen (secondary N) is 1. The Labute approximate surface area is 145 Å². The van der Waals surface area contributed by atoms with E-state index >= 15 is 0 Å². The molecule has 1 unspecified atom stereocenters. The number of carbonyl (C=O) groups excluding carboxylic acids is 1. The molecule has 0 saturated heterocycles. The van der Waals surface area contributed by atoms with E-state index in [2.05, 4.69) is 15.3 Å². The molecule has 5 nitrogen and oxygen atoms in total. The highest BCUT2D eigenvalue weighted by atomic mass is 35.5. The van der Waals surface area contributed by atoms with Gasteiger partial charge in [0, 0.05) is 18.8 Å². The Morgan fingerprint density at radius 2 is 2.14 bits per heavy atom. The molecule has 0 aliphatic heterocycles. The van der Waals surface area contributed by atoms with Crippen LogP contribution in [-0.2, 0) is 0 Å². The Kier molecular flexibility index (Phi) is 7.22. The third kappa shape index (κ3) is 4.39. The van der Waals surface area contributed by atoms with Gasteiger partial charge in [0.05, 0.1) is 11.9 Å². The Balaban J connectivity index is 0.00000121. The predicted octanol–water partition coefficient (Wildman–Crippen LogP) is 2.52. The average molecular weight is 361 g/mol. The molecule has 120 valence electrons. The quantitative estimate of drug-likeness (QED) is 0.858. The lowest BCUT2D eigenvalue weighted by molar-refractivity contribution is 0.0937. The minimum Gasteiger partial charge on any atom is -0.347 e. The molecule has 1 atom stereocenters. The van der Waals surface area contributed by atoms with Crippen molar-refractivity contribution in [2.75, 3.05) is 6.54 Å². The number of carbonyl (C=O) groups is 1. The van der Waals surface area contributed by atoms with E-state index in [-0.39, 0.29) is 36.8 Å². The Morgan fingerprint density at radius 3 is 2.73 bits per heavy atom. The largest absolute Gasteiger partial charge is 0.347 e. The van der Waals surface area contributed by atoms with Crippen LogP contribution in [0.5, 0.6) is 0 Å². The van der Waals surface area contributed by atoms with Crippen LogP contribution in [-0.4, -0.2) is 28.5 Å². The predicted molar refractivity (Wildman–Crippen MR) is 92.9 cm³/mol. The van der Waals surface area contributed by atoms with Gasteiger partial charge in [-0.25, -0.2) is 4.98 Å². The summed E-state index contributed by atoms with van der Waals surface area (Å²) in [5, 5.41) is 3.75. The third-order valence-corrected chi connectivity index (χ3v) is 4.39. The first kappa shape index (κ1) is 18.8. The number of nitrogens with two attached hydrogens (primary N) is 1. The summed E-state index contributed by atoms with van der Waals surface area (Å²) in [6, 6.07) is 5.73. The first-order valence-electron chi connectivity index (χ1n) is 6.66. The fourth-order valence-corrected chi connectivity index (χ4v) is 2.89. The van der Waals surface area contributed by atoms with E-state index in [1.807, 2.05) is 18.2 Å². The van der Waals surface area contributed by atoms with Crippen LogP contribution in [0.25, 0.3) is 10.7 Å². The van der Waals surface area contributed by atoms with E-state index in [0.717, 1.165) is 23.5 Å². The number of amides is 1. The molecule has 0 spiro atoms. The van der Waals surface area contributed by atoms with Crippen LogP contribution < -0.4 is 11.1 Å². The van der Waals surface area contributed by atoms with Crippen molar-refractivity contribution in [3.8, 4) is 10.7 Å². The average Bonchev–Trinajstić information content (AvgIpc) is 3.21. The summed E-state index contributed by atoms with van der Waals surface area (Å²) in [6.07, 6.45) is 5.63. The number of rotatable bonds is 5. The van der Waals surface area contributed by atoms with Crippen LogP contribution in [0.2, 0.25) is 0 Å². The summed E-state index contributed by atoms with van der Waals surface area (Å²) in [4.78, 5) is 21.3. The zero-order valence-electron chi connectivity index (χ0n) is 11.8. The van der Waals surface area contributed by atoms with Crippen LogP contribution in [0.15, 0.2) is 30.6 Å². The van der Waals surface area contributed by atoms with Crippen LogP contribution in [0.3, 0.4) is 0 Å². The third-order valence-electron chi connectivity index (χ3n) is 3.37. The number of pyridine rings is 1. The van der Waals surface area contributed by atoms with Crippen molar-refractivity contribution >= 4 is 42.1 Å². The van der Waals surface area contributed by atoms with Gasteiger partial charge in [0.2, 0.25) is 0 Å². The minimum atomic E-state index is -0.0907. The molecule has 8 heteroatoms. The monoisotopic (exact) mass is 360 g/mol. The topological polar surface area (TPSA) is 80.9 Å². The second-order valence-corrected chi connectivity index (χ2v) is 5.93. The number of halogens is 2. The first-order valence-corrected chi connectivity index (χ1v) is 7.47. The van der Waals surface area contributed by atoms with Gasteiger partial charge in [0.1, 0.15) is 9.88 Å². The molecular weight excluding hydrogens is 343 g/mol. The molecule has 0 bridgehead atoms. The summed E-state index contributed by atoms with van der Waals surface area (Å²) >= 11 is 1.35. The number of hydrogen-bond acceptors (Lipinski definition) is 5. The highest BCUT2D eigenvalue weighted by Crippen LogP contribution is 2.32. The van der Waals surface area contributed by atoms with Crippen molar-refractivity contribution < 1.29 is 4.79 Å². The molecule has 3 rings (SSSR count). The normalized spacial score (nSPS) is 14.4. The highest BCUT2D eigenvalue weighted by molar-refractivity contribution is 7.16. The minimum absolute atomic E-state index is 0. The maximum atomic E-state index is 12.2. The zero-order valence-corrected chi connectivity index (χ0v) is 14.2. The molecule has 2 aromatic rings. The molecule has 1 aliphatic rings. The number of hydrogen-bond donors (Lipinski definition) is 2. The van der Waals surface area contributed by atoms with Crippen molar-refractivity contribution in [2.24, 2.45) is 11.7 Å². The van der Waals surface area contributed by atoms with Crippen LogP contribution in [0, 0.1) is 5.92 Å². The molecule has 1 fully saturated rings. The van der Waals surface area contributed by atoms with E-state index in [1.165, 1.54) is 11.3 Å². The van der Waals surface area contributed by atoms with Crippen LogP contribution in [0.4, 0.5) is 0 Å². The first-order chi connectivity index (χ1) is 9.78. The second-order valence-electron chi connectivity index (χ2n) is 4.90. The van der Waals surface area contributed by atoms with Gasteiger partial charge in [-0.1, -0.05) is 6.07 Å². The Hall–Kier alpha value is -1.21. The molecule has 3 N–H and O–H groups in total. The summed E-state index contributed by atoms with van der Waals surface area (Å²) in [7, 11) is 0. The number of nitrogens with zero attached hydrogens (tertiary/aromatic N) is 2. The Morgan fingerprint density at radius 1 is 1.36 bits per heavy atom. The van der Waals surface area contributed by atoms with E-state index in [4.69, 9.17) is 5.73 Å². The molecular formula is C14H18Cl2N4OS. The summed E-state index contributed by atoms with van der Waals surface area (Å²) in [5.74, 6) is 0.458. The molecule has 22 heavy (non-hydrogen) atoms. The van der Waals surface area contributed by atoms with E-state index in [0.29, 0.717) is 17.3 Å². The van der Waals surface area contributed by atoms with Crippen molar-refractivity contribution in [1.29, 1.82) is 0 Å². The van der Waals surface area contributed by atoms with Gasteiger partial charge in [0.15, 0.2) is 0 Å². The van der Waals surface area contributed by atoms with Crippen LogP contribution >= 0.6 is 36.2 Å². The molecule has 1 saturated carbocycles. The molecule has 0 radical (unpaired) electrons. The maximum Gasteiger partial charge on any atom is 0.263 e. The van der Waals surface area contributed by atoms with Gasteiger partial charge in [-0.15, -0.1) is 36.2 Å². The van der Waals surface area contributed by atoms with Gasteiger partial charge < -0.3 is 11.1 Å². The lowest BCUT2D eigenvalue weighted by Gasteiger charge is -2.14. The zero-order chi connectivity index (χ0) is 13.9. The SMILES string of the molecule is Cl.Cl.NCC(NC(=O)c1cnc(-c2ccccn2)s1)C1CC1. The fraction of sp³-hybridized carbons (Fsp3) is 0.357. The van der Waals surface area contributed by atoms with Gasteiger partial charge in [-0.3, -0.25) is 9.78 Å². The van der Waals surface area contributed by atoms with Gasteiger partial charge >= 0.3 is 0 Å². The smallest absolute Gasteiger partial charge is 0.263 e. The van der Waals surface area contributed by atoms with E-state index in [1.54, 1.807) is 12.4 Å². The van der Waals surface area contributed by atoms with Gasteiger partial charge in [-0.05, 0) is 30.9 Å². The van der Waals surface area contributed by atoms with Crippen molar-refractivity contribution in [3.63, 3.8) is 0 Å². The fourth-order valence-electron chi connectivity index (χ4n) is 2.09. The molecule has 1 aliphatic carbocycles. The molecule has 0 aromatic carbocycles. The van der Waals surface area contributed by atoms with Gasteiger partial charge in [0.25, 0.3) is 5.91 Å². The van der Waals surface area contributed by atoms with Crippen molar-refractivity contribution in [3.05, 3.63) is 35.5 Å². The maximum absolute atomic E-state index is 12.2. The van der Waals surface area contributed by atoms with E-state index in [9.17, 15) is 4.79 Å². The molecule has 2 heterocycles. The van der Waals surface area contributed by atoms with Crippen molar-refractivity contribution in [1.82, 2.24) is 15.3 Å². The van der Waals surface area contributed by atoms with Gasteiger partial charge in [-0.2, -0.15) is 0 Å². The summed E-state index contributed by atoms with van der Waals surface area (Å²) in [5.41, 5.74) is 6.49. The van der Waals surface area contributed by atoms with Crippen LogP contribution in [0.1, 0.15) is 22.5 Å². The molecule has 1 amide bonds. The number of aromatic nitrogens is 2. The summed E-state index contributed by atoms with van der Waals surface area (Å²) in [6.45, 7) is 0.488. The number of thiazole rings is 1. The van der Waals surface area contributed by atoms with Crippen molar-refractivity contribution in [2.45, 2.75) is 18.9 Å². The van der Waals surface area contributed by atoms with E-state index < -0.39 is 0 Å². The Bertz CT molecular complexity index is 604.